The third-order valence-electron chi connectivity index (χ3n) is 3.10. The largest absolute Gasteiger partial charge is 0.354 e. The summed E-state index contributed by atoms with van der Waals surface area (Å²) in [6.45, 7) is 5.01. The molecule has 6 nitrogen and oxygen atoms in total. The van der Waals surface area contributed by atoms with Crippen molar-refractivity contribution in [1.29, 1.82) is 0 Å². The zero-order valence-electron chi connectivity index (χ0n) is 11.9. The second-order valence-electron chi connectivity index (χ2n) is 4.78. The zero-order chi connectivity index (χ0) is 15.4. The van der Waals surface area contributed by atoms with Gasteiger partial charge in [0, 0.05) is 25.5 Å². The number of nitrogens with one attached hydrogen (secondary N) is 1. The first-order valence-electron chi connectivity index (χ1n) is 6.64. The first-order valence-corrected chi connectivity index (χ1v) is 7.81. The summed E-state index contributed by atoms with van der Waals surface area (Å²) in [5, 5.41) is 11.9. The highest BCUT2D eigenvalue weighted by Crippen LogP contribution is 2.16. The monoisotopic (exact) mass is 373 g/mol. The number of hydrogen-bond donors (Lipinski definition) is 1. The first kappa shape index (κ1) is 16.0. The molecule has 0 aliphatic heterocycles. The van der Waals surface area contributed by atoms with Crippen LogP contribution in [0.5, 0.6) is 0 Å². The predicted molar refractivity (Wildman–Crippen MR) is 84.2 cm³/mol. The lowest BCUT2D eigenvalue weighted by molar-refractivity contribution is -0.124. The van der Waals surface area contributed by atoms with E-state index in [4.69, 9.17) is 11.6 Å². The molecule has 1 atom stereocenters. The molecular formula is C13H17BrClN5O. The summed E-state index contributed by atoms with van der Waals surface area (Å²) < 4.78 is 4.31. The van der Waals surface area contributed by atoms with Crippen LogP contribution in [0.4, 0.5) is 0 Å². The van der Waals surface area contributed by atoms with Crippen LogP contribution in [0.1, 0.15) is 25.1 Å². The Morgan fingerprint density at radius 1 is 1.52 bits per heavy atom. The number of carbonyl (C=O) groups excluding carboxylic acids is 1. The molecular weight excluding hydrogens is 358 g/mol. The quantitative estimate of drug-likeness (QED) is 0.790. The van der Waals surface area contributed by atoms with E-state index in [0.717, 1.165) is 16.6 Å². The fourth-order valence-electron chi connectivity index (χ4n) is 1.84. The molecule has 0 aliphatic rings. The average Bonchev–Trinajstić information content (AvgIpc) is 3.00. The number of halogens is 2. The van der Waals surface area contributed by atoms with E-state index in [2.05, 4.69) is 31.4 Å². The second-order valence-corrected chi connectivity index (χ2v) is 6.08. The first-order chi connectivity index (χ1) is 9.97. The predicted octanol–water partition coefficient (Wildman–Crippen LogP) is 2.57. The van der Waals surface area contributed by atoms with Gasteiger partial charge in [-0.2, -0.15) is 10.2 Å². The molecule has 0 saturated carbocycles. The number of nitrogens with zero attached hydrogens (tertiary/aromatic N) is 4. The summed E-state index contributed by atoms with van der Waals surface area (Å²) >= 11 is 9.17. The molecule has 8 heteroatoms. The topological polar surface area (TPSA) is 64.7 Å². The number of aromatic nitrogens is 4. The molecule has 0 saturated heterocycles. The van der Waals surface area contributed by atoms with Crippen molar-refractivity contribution >= 4 is 33.4 Å². The van der Waals surface area contributed by atoms with E-state index >= 15 is 0 Å². The molecule has 1 unspecified atom stereocenters. The Morgan fingerprint density at radius 2 is 2.29 bits per heavy atom. The van der Waals surface area contributed by atoms with Crippen LogP contribution in [0, 0.1) is 6.92 Å². The van der Waals surface area contributed by atoms with Crippen LogP contribution in [-0.2, 0) is 11.3 Å². The highest BCUT2D eigenvalue weighted by atomic mass is 79.9. The van der Waals surface area contributed by atoms with Crippen LogP contribution < -0.4 is 5.32 Å². The maximum Gasteiger partial charge on any atom is 0.244 e. The SMILES string of the molecule is Cc1nn(C(C)C(=O)NCCCn2cc(Cl)cn2)cc1Br. The molecule has 2 aromatic rings. The van der Waals surface area contributed by atoms with E-state index in [-0.39, 0.29) is 11.9 Å². The summed E-state index contributed by atoms with van der Waals surface area (Å²) in [4.78, 5) is 12.0. The van der Waals surface area contributed by atoms with Crippen LogP contribution in [0.2, 0.25) is 5.02 Å². The Hall–Kier alpha value is -1.34. The van der Waals surface area contributed by atoms with Crippen LogP contribution in [0.25, 0.3) is 0 Å². The zero-order valence-corrected chi connectivity index (χ0v) is 14.2. The van der Waals surface area contributed by atoms with Crippen LogP contribution in [-0.4, -0.2) is 32.0 Å². The number of amides is 1. The minimum Gasteiger partial charge on any atom is -0.354 e. The minimum absolute atomic E-state index is 0.0523. The van der Waals surface area contributed by atoms with Gasteiger partial charge in [0.2, 0.25) is 5.91 Å². The molecule has 0 aromatic carbocycles. The van der Waals surface area contributed by atoms with Gasteiger partial charge in [-0.3, -0.25) is 14.2 Å². The number of carbonyl (C=O) groups is 1. The van der Waals surface area contributed by atoms with Gasteiger partial charge in [-0.25, -0.2) is 0 Å². The highest BCUT2D eigenvalue weighted by molar-refractivity contribution is 9.10. The summed E-state index contributed by atoms with van der Waals surface area (Å²) in [5.41, 5.74) is 0.866. The summed E-state index contributed by atoms with van der Waals surface area (Å²) in [5.74, 6) is -0.0523. The average molecular weight is 375 g/mol. The van der Waals surface area contributed by atoms with Crippen molar-refractivity contribution in [2.24, 2.45) is 0 Å². The van der Waals surface area contributed by atoms with Crippen molar-refractivity contribution in [3.05, 3.63) is 33.8 Å². The maximum absolute atomic E-state index is 12.0. The highest BCUT2D eigenvalue weighted by Gasteiger charge is 2.16. The van der Waals surface area contributed by atoms with Crippen LogP contribution in [0.3, 0.4) is 0 Å². The molecule has 0 fully saturated rings. The van der Waals surface area contributed by atoms with Crippen molar-refractivity contribution in [2.75, 3.05) is 6.54 Å². The van der Waals surface area contributed by atoms with Crippen LogP contribution in [0.15, 0.2) is 23.1 Å². The fraction of sp³-hybridized carbons (Fsp3) is 0.462. The second kappa shape index (κ2) is 7.09. The van der Waals surface area contributed by atoms with Crippen molar-refractivity contribution in [3.8, 4) is 0 Å². The number of aryl methyl sites for hydroxylation is 2. The standard InChI is InChI=1S/C13H17BrClN5O/c1-9-12(14)8-20(18-9)10(2)13(21)16-4-3-5-19-7-11(15)6-17-19/h6-8,10H,3-5H2,1-2H3,(H,16,21). The van der Waals surface area contributed by atoms with Crippen molar-refractivity contribution in [3.63, 3.8) is 0 Å². The van der Waals surface area contributed by atoms with Gasteiger partial charge >= 0.3 is 0 Å². The molecule has 21 heavy (non-hydrogen) atoms. The Balaban J connectivity index is 1.76. The smallest absolute Gasteiger partial charge is 0.244 e. The van der Waals surface area contributed by atoms with Gasteiger partial charge in [0.25, 0.3) is 0 Å². The van der Waals surface area contributed by atoms with Gasteiger partial charge in [-0.15, -0.1) is 0 Å². The number of rotatable bonds is 6. The van der Waals surface area contributed by atoms with E-state index in [1.54, 1.807) is 21.8 Å². The van der Waals surface area contributed by atoms with Gasteiger partial charge in [-0.05, 0) is 36.2 Å². The molecule has 0 spiro atoms. The van der Waals surface area contributed by atoms with E-state index in [9.17, 15) is 4.79 Å². The minimum atomic E-state index is -0.339. The molecule has 114 valence electrons. The van der Waals surface area contributed by atoms with E-state index in [1.165, 1.54) is 0 Å². The Kier molecular flexibility index (Phi) is 5.41. The Bertz CT molecular complexity index is 604. The van der Waals surface area contributed by atoms with Gasteiger partial charge in [0.15, 0.2) is 0 Å². The van der Waals surface area contributed by atoms with Crippen molar-refractivity contribution in [1.82, 2.24) is 24.9 Å². The lowest BCUT2D eigenvalue weighted by Crippen LogP contribution is -2.32. The van der Waals surface area contributed by atoms with E-state index in [0.29, 0.717) is 18.1 Å². The lowest BCUT2D eigenvalue weighted by atomic mass is 10.3. The number of hydrogen-bond acceptors (Lipinski definition) is 3. The van der Waals surface area contributed by atoms with Crippen LogP contribution >= 0.6 is 27.5 Å². The molecule has 0 bridgehead atoms. The Labute approximate surface area is 136 Å². The molecule has 0 radical (unpaired) electrons. The van der Waals surface area contributed by atoms with Crippen molar-refractivity contribution in [2.45, 2.75) is 32.9 Å². The van der Waals surface area contributed by atoms with Gasteiger partial charge in [0.05, 0.1) is 21.4 Å². The fourth-order valence-corrected chi connectivity index (χ4v) is 2.28. The van der Waals surface area contributed by atoms with Gasteiger partial charge in [-0.1, -0.05) is 11.6 Å². The molecule has 0 aliphatic carbocycles. The summed E-state index contributed by atoms with van der Waals surface area (Å²) in [7, 11) is 0. The maximum atomic E-state index is 12.0. The normalized spacial score (nSPS) is 12.4. The summed E-state index contributed by atoms with van der Waals surface area (Å²) in [6, 6.07) is -0.339. The van der Waals surface area contributed by atoms with E-state index in [1.807, 2.05) is 20.0 Å². The Morgan fingerprint density at radius 3 is 2.86 bits per heavy atom. The molecule has 2 rings (SSSR count). The molecule has 2 heterocycles. The molecule has 2 aromatic heterocycles. The van der Waals surface area contributed by atoms with Gasteiger partial charge in [0.1, 0.15) is 6.04 Å². The lowest BCUT2D eigenvalue weighted by Gasteiger charge is -2.12. The molecule has 1 N–H and O–H groups in total. The third kappa shape index (κ3) is 4.31. The third-order valence-corrected chi connectivity index (χ3v) is 4.07. The molecule has 1 amide bonds. The van der Waals surface area contributed by atoms with E-state index < -0.39 is 0 Å². The van der Waals surface area contributed by atoms with Crippen molar-refractivity contribution < 1.29 is 4.79 Å². The summed E-state index contributed by atoms with van der Waals surface area (Å²) in [6.07, 6.45) is 5.96. The van der Waals surface area contributed by atoms with Gasteiger partial charge < -0.3 is 5.32 Å².